The summed E-state index contributed by atoms with van der Waals surface area (Å²) >= 11 is 0. The summed E-state index contributed by atoms with van der Waals surface area (Å²) in [6.07, 6.45) is 0. The number of nitrogens with one attached hydrogen (secondary N) is 1. The molecule has 0 aliphatic heterocycles. The van der Waals surface area contributed by atoms with Gasteiger partial charge in [0.1, 0.15) is 0 Å². The zero-order valence-corrected chi connectivity index (χ0v) is 11.9. The number of hydrogen-bond donors (Lipinski definition) is 2. The zero-order chi connectivity index (χ0) is 15.4. The van der Waals surface area contributed by atoms with Crippen LogP contribution in [0.4, 0.5) is 10.1 Å². The fourth-order valence-electron chi connectivity index (χ4n) is 2.02. The summed E-state index contributed by atoms with van der Waals surface area (Å²) in [6.45, 7) is 2.43. The molecule has 5 heteroatoms. The third-order valence-electron chi connectivity index (χ3n) is 3.26. The van der Waals surface area contributed by atoms with E-state index in [0.717, 1.165) is 11.1 Å². The molecule has 1 amide bonds. The van der Waals surface area contributed by atoms with Crippen LogP contribution in [0, 0.1) is 12.7 Å². The molecule has 0 bridgehead atoms. The second-order valence-corrected chi connectivity index (χ2v) is 4.71. The number of anilines is 1. The van der Waals surface area contributed by atoms with E-state index in [1.165, 1.54) is 13.2 Å². The van der Waals surface area contributed by atoms with Gasteiger partial charge in [0, 0.05) is 23.9 Å². The molecule has 2 rings (SSSR count). The molecule has 0 aliphatic rings. The largest absolute Gasteiger partial charge is 0.494 e. The van der Waals surface area contributed by atoms with Gasteiger partial charge in [-0.25, -0.2) is 4.39 Å². The lowest BCUT2D eigenvalue weighted by atomic mass is 10.0. The van der Waals surface area contributed by atoms with Gasteiger partial charge >= 0.3 is 0 Å². The van der Waals surface area contributed by atoms with Crippen LogP contribution in [0.1, 0.15) is 21.5 Å². The predicted molar refractivity (Wildman–Crippen MR) is 80.0 cm³/mol. The number of primary amides is 1. The van der Waals surface area contributed by atoms with Crippen molar-refractivity contribution in [3.63, 3.8) is 0 Å². The maximum Gasteiger partial charge on any atom is 0.248 e. The van der Waals surface area contributed by atoms with Crippen LogP contribution in [-0.2, 0) is 6.54 Å². The standard InChI is InChI=1S/C16H17FN2O2/c1-10-7-11(16(18)20)3-4-12(10)9-19-13-5-6-15(21-2)14(17)8-13/h3-8,19H,9H2,1-2H3,(H2,18,20). The van der Waals surface area contributed by atoms with Crippen LogP contribution in [0.5, 0.6) is 5.75 Å². The minimum Gasteiger partial charge on any atom is -0.494 e. The number of amides is 1. The van der Waals surface area contributed by atoms with Crippen LogP contribution < -0.4 is 15.8 Å². The fraction of sp³-hybridized carbons (Fsp3) is 0.188. The van der Waals surface area contributed by atoms with Gasteiger partial charge in [0.25, 0.3) is 0 Å². The Morgan fingerprint density at radius 3 is 2.62 bits per heavy atom. The fourth-order valence-corrected chi connectivity index (χ4v) is 2.02. The van der Waals surface area contributed by atoms with Crippen LogP contribution in [0.3, 0.4) is 0 Å². The summed E-state index contributed by atoms with van der Waals surface area (Å²) in [7, 11) is 1.43. The first-order chi connectivity index (χ1) is 10.0. The Kier molecular flexibility index (Phi) is 4.42. The maximum absolute atomic E-state index is 13.6. The average Bonchev–Trinajstić information content (AvgIpc) is 2.46. The van der Waals surface area contributed by atoms with Gasteiger partial charge < -0.3 is 15.8 Å². The molecule has 0 spiro atoms. The van der Waals surface area contributed by atoms with Crippen molar-refractivity contribution < 1.29 is 13.9 Å². The van der Waals surface area contributed by atoms with Crippen molar-refractivity contribution in [2.45, 2.75) is 13.5 Å². The van der Waals surface area contributed by atoms with Gasteiger partial charge in [-0.05, 0) is 42.3 Å². The van der Waals surface area contributed by atoms with Gasteiger partial charge in [0.05, 0.1) is 7.11 Å². The third-order valence-corrected chi connectivity index (χ3v) is 3.26. The highest BCUT2D eigenvalue weighted by Gasteiger charge is 2.06. The number of rotatable bonds is 5. The lowest BCUT2D eigenvalue weighted by Crippen LogP contribution is -2.11. The molecule has 0 saturated carbocycles. The SMILES string of the molecule is COc1ccc(NCc2ccc(C(N)=O)cc2C)cc1F. The summed E-state index contributed by atoms with van der Waals surface area (Å²) in [5.41, 5.74) is 8.33. The van der Waals surface area contributed by atoms with E-state index in [0.29, 0.717) is 17.8 Å². The van der Waals surface area contributed by atoms with E-state index in [-0.39, 0.29) is 5.75 Å². The molecule has 0 radical (unpaired) electrons. The Morgan fingerprint density at radius 1 is 1.29 bits per heavy atom. The Morgan fingerprint density at radius 2 is 2.05 bits per heavy atom. The van der Waals surface area contributed by atoms with Gasteiger partial charge in [-0.1, -0.05) is 6.07 Å². The van der Waals surface area contributed by atoms with E-state index in [9.17, 15) is 9.18 Å². The quantitative estimate of drug-likeness (QED) is 0.889. The maximum atomic E-state index is 13.6. The number of hydrogen-bond acceptors (Lipinski definition) is 3. The van der Waals surface area contributed by atoms with Crippen LogP contribution in [-0.4, -0.2) is 13.0 Å². The van der Waals surface area contributed by atoms with Crippen LogP contribution >= 0.6 is 0 Å². The summed E-state index contributed by atoms with van der Waals surface area (Å²) in [5.74, 6) is -0.652. The van der Waals surface area contributed by atoms with Crippen molar-refractivity contribution in [2.24, 2.45) is 5.73 Å². The number of halogens is 1. The number of ether oxygens (including phenoxy) is 1. The molecule has 0 aliphatic carbocycles. The second-order valence-electron chi connectivity index (χ2n) is 4.71. The van der Waals surface area contributed by atoms with Crippen molar-refractivity contribution in [1.82, 2.24) is 0 Å². The first-order valence-electron chi connectivity index (χ1n) is 6.48. The van der Waals surface area contributed by atoms with E-state index >= 15 is 0 Å². The number of carbonyl (C=O) groups excluding carboxylic acids is 1. The summed E-state index contributed by atoms with van der Waals surface area (Å²) in [5, 5.41) is 3.13. The Labute approximate surface area is 122 Å². The van der Waals surface area contributed by atoms with Crippen molar-refractivity contribution in [3.05, 3.63) is 58.9 Å². The molecule has 3 N–H and O–H groups in total. The van der Waals surface area contributed by atoms with E-state index in [1.807, 2.05) is 13.0 Å². The number of carbonyl (C=O) groups is 1. The molecule has 0 fully saturated rings. The lowest BCUT2D eigenvalue weighted by molar-refractivity contribution is 0.1000. The molecule has 2 aromatic carbocycles. The lowest BCUT2D eigenvalue weighted by Gasteiger charge is -2.11. The molecule has 0 unspecified atom stereocenters. The summed E-state index contributed by atoms with van der Waals surface area (Å²) in [6, 6.07) is 9.96. The Hall–Kier alpha value is -2.56. The van der Waals surface area contributed by atoms with Gasteiger partial charge in [0.15, 0.2) is 11.6 Å². The van der Waals surface area contributed by atoms with Gasteiger partial charge in [-0.2, -0.15) is 0 Å². The highest BCUT2D eigenvalue weighted by Crippen LogP contribution is 2.21. The molecule has 0 atom stereocenters. The smallest absolute Gasteiger partial charge is 0.248 e. The molecular formula is C16H17FN2O2. The minimum absolute atomic E-state index is 0.211. The Balaban J connectivity index is 2.09. The molecule has 21 heavy (non-hydrogen) atoms. The van der Waals surface area contributed by atoms with Crippen LogP contribution in [0.25, 0.3) is 0 Å². The van der Waals surface area contributed by atoms with E-state index in [2.05, 4.69) is 5.32 Å². The number of methoxy groups -OCH3 is 1. The monoisotopic (exact) mass is 288 g/mol. The van der Waals surface area contributed by atoms with Crippen LogP contribution in [0.15, 0.2) is 36.4 Å². The van der Waals surface area contributed by atoms with Gasteiger partial charge in [-0.3, -0.25) is 4.79 Å². The minimum atomic E-state index is -0.449. The topological polar surface area (TPSA) is 64.3 Å². The normalized spacial score (nSPS) is 10.2. The summed E-state index contributed by atoms with van der Waals surface area (Å²) in [4.78, 5) is 11.1. The molecule has 0 saturated heterocycles. The molecule has 0 aromatic heterocycles. The van der Waals surface area contributed by atoms with Gasteiger partial charge in [0.2, 0.25) is 5.91 Å². The molecule has 110 valence electrons. The van der Waals surface area contributed by atoms with Crippen molar-refractivity contribution in [1.29, 1.82) is 0 Å². The summed E-state index contributed by atoms with van der Waals surface area (Å²) < 4.78 is 18.5. The van der Waals surface area contributed by atoms with E-state index in [4.69, 9.17) is 10.5 Å². The highest BCUT2D eigenvalue weighted by molar-refractivity contribution is 5.93. The average molecular weight is 288 g/mol. The Bertz CT molecular complexity index is 671. The van der Waals surface area contributed by atoms with E-state index < -0.39 is 11.7 Å². The van der Waals surface area contributed by atoms with Crippen LogP contribution in [0.2, 0.25) is 0 Å². The molecule has 0 heterocycles. The second kappa shape index (κ2) is 6.26. The third kappa shape index (κ3) is 3.51. The number of nitrogens with two attached hydrogens (primary N) is 1. The highest BCUT2D eigenvalue weighted by atomic mass is 19.1. The van der Waals surface area contributed by atoms with Crippen molar-refractivity contribution >= 4 is 11.6 Å². The van der Waals surface area contributed by atoms with E-state index in [1.54, 1.807) is 24.3 Å². The number of benzene rings is 2. The molecule has 2 aromatic rings. The van der Waals surface area contributed by atoms with Crippen molar-refractivity contribution in [3.8, 4) is 5.75 Å². The predicted octanol–water partition coefficient (Wildman–Crippen LogP) is 2.85. The molecule has 4 nitrogen and oxygen atoms in total. The van der Waals surface area contributed by atoms with Gasteiger partial charge in [-0.15, -0.1) is 0 Å². The van der Waals surface area contributed by atoms with Crippen molar-refractivity contribution in [2.75, 3.05) is 12.4 Å². The zero-order valence-electron chi connectivity index (χ0n) is 11.9. The number of aryl methyl sites for hydroxylation is 1. The first kappa shape index (κ1) is 14.8. The molecular weight excluding hydrogens is 271 g/mol. The first-order valence-corrected chi connectivity index (χ1v) is 6.48.